The molecule has 18 atom stereocenters. The Morgan fingerprint density at radius 1 is 0.764 bits per heavy atom. The molecule has 2 aliphatic heterocycles. The number of aliphatic hydroxyl groups is 6. The van der Waals surface area contributed by atoms with Crippen molar-refractivity contribution in [3.63, 3.8) is 0 Å². The average Bonchev–Trinajstić information content (AvgIpc) is 3.14. The van der Waals surface area contributed by atoms with Gasteiger partial charge in [-0.3, -0.25) is 9.59 Å². The van der Waals surface area contributed by atoms with E-state index in [1.54, 1.807) is 6.92 Å². The zero-order chi connectivity index (χ0) is 40.3. The van der Waals surface area contributed by atoms with Crippen molar-refractivity contribution in [3.8, 4) is 0 Å². The highest BCUT2D eigenvalue weighted by molar-refractivity contribution is 5.81. The van der Waals surface area contributed by atoms with Crippen LogP contribution in [0, 0.1) is 50.2 Å². The van der Waals surface area contributed by atoms with Gasteiger partial charge in [0.2, 0.25) is 6.29 Å². The summed E-state index contributed by atoms with van der Waals surface area (Å²) >= 11 is 0. The maximum Gasteiger partial charge on any atom is 0.314 e. The molecule has 0 radical (unpaired) electrons. The fraction of sp³-hybridized carbons (Fsp3) is 0.905. The molecular formula is C42H66O13. The van der Waals surface area contributed by atoms with E-state index in [9.17, 15) is 40.2 Å². The average molecular weight is 779 g/mol. The van der Waals surface area contributed by atoms with Crippen LogP contribution in [-0.4, -0.2) is 118 Å². The van der Waals surface area contributed by atoms with Crippen molar-refractivity contribution in [1.29, 1.82) is 0 Å². The van der Waals surface area contributed by atoms with E-state index in [-0.39, 0.29) is 46.3 Å². The molecule has 0 bridgehead atoms. The molecule has 6 N–H and O–H groups in total. The Bertz CT molecular complexity index is 1530. The second kappa shape index (κ2) is 14.0. The minimum atomic E-state index is -1.59. The van der Waals surface area contributed by atoms with Gasteiger partial charge >= 0.3 is 11.9 Å². The van der Waals surface area contributed by atoms with E-state index < -0.39 is 72.1 Å². The van der Waals surface area contributed by atoms with Crippen LogP contribution in [0.2, 0.25) is 0 Å². The Hall–Kier alpha value is -1.68. The number of methoxy groups -OCH3 is 1. The lowest BCUT2D eigenvalue weighted by Gasteiger charge is -2.71. The molecule has 2 heterocycles. The third kappa shape index (κ3) is 6.02. The molecule has 13 nitrogen and oxygen atoms in total. The summed E-state index contributed by atoms with van der Waals surface area (Å²) in [6, 6.07) is 0. The van der Waals surface area contributed by atoms with E-state index in [4.69, 9.17) is 23.7 Å². The van der Waals surface area contributed by atoms with Crippen molar-refractivity contribution in [3.05, 3.63) is 11.6 Å². The maximum atomic E-state index is 14.0. The normalized spacial score (nSPS) is 53.3. The Kier molecular flexibility index (Phi) is 10.5. The molecule has 0 aromatic heterocycles. The number of ether oxygens (including phenoxy) is 5. The van der Waals surface area contributed by atoms with Gasteiger partial charge in [-0.25, -0.2) is 0 Å². The van der Waals surface area contributed by atoms with E-state index in [0.717, 1.165) is 38.5 Å². The van der Waals surface area contributed by atoms with Crippen LogP contribution in [0.15, 0.2) is 11.6 Å². The molecule has 0 aromatic carbocycles. The summed E-state index contributed by atoms with van der Waals surface area (Å²) in [5.74, 6) is -0.445. The molecule has 0 amide bonds. The smallest absolute Gasteiger partial charge is 0.314 e. The van der Waals surface area contributed by atoms with Crippen LogP contribution in [0.5, 0.6) is 0 Å². The Labute approximate surface area is 325 Å². The van der Waals surface area contributed by atoms with Gasteiger partial charge in [-0.2, -0.15) is 0 Å². The number of aliphatic hydroxyl groups excluding tert-OH is 6. The van der Waals surface area contributed by atoms with Crippen molar-refractivity contribution in [2.75, 3.05) is 13.7 Å². The fourth-order valence-corrected chi connectivity index (χ4v) is 13.5. The van der Waals surface area contributed by atoms with Gasteiger partial charge in [0, 0.05) is 0 Å². The largest absolute Gasteiger partial charge is 0.469 e. The SMILES string of the molecule is COC(=O)[C@]12CC[C@@](C)(C(=O)O[C@@H]3OC[C@@H](O)[C@H](O)[C@H]3O)C[C@H]1C1=CC[C@@H]3[C@@]4(C)CC[C@H](O[C@@H]5O[C@@H](C)[C@H](O)[C@@H](O)[C@H]5O)C(C)(C)[C@@H]4CC[C@@]3(C)[C@]1(C)CC2. The summed E-state index contributed by atoms with van der Waals surface area (Å²) in [6.45, 7) is 15.0. The zero-order valence-electron chi connectivity index (χ0n) is 33.9. The van der Waals surface area contributed by atoms with E-state index in [2.05, 4.69) is 40.7 Å². The van der Waals surface area contributed by atoms with Crippen LogP contribution in [-0.2, 0) is 33.3 Å². The zero-order valence-corrected chi connectivity index (χ0v) is 33.9. The number of hydrogen-bond acceptors (Lipinski definition) is 13. The molecule has 0 unspecified atom stereocenters. The third-order valence-corrected chi connectivity index (χ3v) is 17.2. The second-order valence-corrected chi connectivity index (χ2v) is 20.1. The van der Waals surface area contributed by atoms with Crippen LogP contribution < -0.4 is 0 Å². The number of allylic oxidation sites excluding steroid dienone is 2. The van der Waals surface area contributed by atoms with Crippen LogP contribution in [0.1, 0.15) is 113 Å². The monoisotopic (exact) mass is 778 g/mol. The van der Waals surface area contributed by atoms with Gasteiger partial charge in [-0.1, -0.05) is 46.3 Å². The summed E-state index contributed by atoms with van der Waals surface area (Å²) in [6.07, 6.45) is -2.16. The first-order chi connectivity index (χ1) is 25.6. The number of fused-ring (bicyclic) bond motifs is 7. The quantitative estimate of drug-likeness (QED) is 0.135. The molecule has 7 rings (SSSR count). The summed E-state index contributed by atoms with van der Waals surface area (Å²) in [4.78, 5) is 27.9. The highest BCUT2D eigenvalue weighted by Crippen LogP contribution is 2.76. The topological polar surface area (TPSA) is 202 Å². The van der Waals surface area contributed by atoms with Gasteiger partial charge < -0.3 is 54.3 Å². The van der Waals surface area contributed by atoms with E-state index in [1.165, 1.54) is 12.7 Å². The number of hydrogen-bond donors (Lipinski definition) is 6. The summed E-state index contributed by atoms with van der Waals surface area (Å²) < 4.78 is 29.1. The highest BCUT2D eigenvalue weighted by Gasteiger charge is 2.70. The number of carbonyl (C=O) groups excluding carboxylic acids is 2. The summed E-state index contributed by atoms with van der Waals surface area (Å²) in [7, 11) is 1.44. The minimum absolute atomic E-state index is 0.0445. The molecule has 5 aliphatic carbocycles. The minimum Gasteiger partial charge on any atom is -0.469 e. The second-order valence-electron chi connectivity index (χ2n) is 20.1. The van der Waals surface area contributed by atoms with Crippen LogP contribution in [0.25, 0.3) is 0 Å². The van der Waals surface area contributed by atoms with Gasteiger partial charge in [0.05, 0.1) is 36.8 Å². The van der Waals surface area contributed by atoms with E-state index in [0.29, 0.717) is 37.5 Å². The van der Waals surface area contributed by atoms with E-state index >= 15 is 0 Å². The first-order valence-corrected chi connectivity index (χ1v) is 20.6. The first-order valence-electron chi connectivity index (χ1n) is 20.6. The van der Waals surface area contributed by atoms with Crippen LogP contribution >= 0.6 is 0 Å². The molecule has 0 aromatic rings. The molecule has 0 spiro atoms. The van der Waals surface area contributed by atoms with Crippen LogP contribution in [0.3, 0.4) is 0 Å². The number of carbonyl (C=O) groups is 2. The Morgan fingerprint density at radius 2 is 1.44 bits per heavy atom. The molecule has 7 aliphatic rings. The van der Waals surface area contributed by atoms with Gasteiger partial charge in [0.25, 0.3) is 0 Å². The van der Waals surface area contributed by atoms with E-state index in [1.807, 2.05) is 6.92 Å². The summed E-state index contributed by atoms with van der Waals surface area (Å²) in [5, 5.41) is 62.2. The molecule has 4 saturated carbocycles. The van der Waals surface area contributed by atoms with Gasteiger partial charge in [-0.05, 0) is 117 Å². The van der Waals surface area contributed by atoms with Gasteiger partial charge in [-0.15, -0.1) is 0 Å². The predicted molar refractivity (Wildman–Crippen MR) is 196 cm³/mol. The van der Waals surface area contributed by atoms with Crippen LogP contribution in [0.4, 0.5) is 0 Å². The number of esters is 2. The van der Waals surface area contributed by atoms with Crippen molar-refractivity contribution in [1.82, 2.24) is 0 Å². The van der Waals surface area contributed by atoms with Crippen molar-refractivity contribution in [2.24, 2.45) is 50.2 Å². The lowest BCUT2D eigenvalue weighted by atomic mass is 9.33. The maximum absolute atomic E-state index is 14.0. The Balaban J connectivity index is 1.16. The standard InChI is InChI=1S/C42H66O13/c1-21-28(44)30(46)32(48)34(53-21)54-27-12-13-39(5)25(37(27,2)3)11-14-41(7)26(39)10-9-22-23-19-38(4,35(49)55-33-31(47)29(45)24(43)20-52-33)15-17-42(23,36(50)51-8)18-16-40(22,41)6/h9,21,23-34,43-48H,10-20H2,1-8H3/t21-,23-,24+,25-,26+,27-,28-,29-,30+,31+,32+,33-,34-,38+,39-,40+,41+,42-/m0/s1. The molecule has 312 valence electrons. The first kappa shape index (κ1) is 41.5. The molecule has 13 heteroatoms. The van der Waals surface area contributed by atoms with Crippen molar-refractivity contribution >= 4 is 11.9 Å². The van der Waals surface area contributed by atoms with Crippen molar-refractivity contribution in [2.45, 2.75) is 174 Å². The van der Waals surface area contributed by atoms with Gasteiger partial charge in [0.1, 0.15) is 36.6 Å². The molecular weight excluding hydrogens is 712 g/mol. The van der Waals surface area contributed by atoms with Gasteiger partial charge in [0.15, 0.2) is 6.29 Å². The lowest BCUT2D eigenvalue weighted by molar-refractivity contribution is -0.324. The lowest BCUT2D eigenvalue weighted by Crippen LogP contribution is -2.66. The molecule has 2 saturated heterocycles. The number of rotatable bonds is 5. The molecule has 55 heavy (non-hydrogen) atoms. The third-order valence-electron chi connectivity index (χ3n) is 17.2. The fourth-order valence-electron chi connectivity index (χ4n) is 13.5. The highest BCUT2D eigenvalue weighted by atomic mass is 16.7. The molecule has 6 fully saturated rings. The summed E-state index contributed by atoms with van der Waals surface area (Å²) in [5.41, 5.74) is -1.26. The Morgan fingerprint density at radius 3 is 2.13 bits per heavy atom. The predicted octanol–water partition coefficient (Wildman–Crippen LogP) is 3.14. The van der Waals surface area contributed by atoms with Crippen molar-refractivity contribution < 1.29 is 63.9 Å².